The zero-order chi connectivity index (χ0) is 13.2. The molecule has 2 aliphatic rings. The maximum atomic E-state index is 11.7. The van der Waals surface area contributed by atoms with Crippen LogP contribution in [0.4, 0.5) is 0 Å². The molecule has 2 aliphatic heterocycles. The molecule has 1 atom stereocenters. The molecule has 5 heteroatoms. The Labute approximate surface area is 109 Å². The van der Waals surface area contributed by atoms with Crippen molar-refractivity contribution in [1.29, 1.82) is 0 Å². The maximum absolute atomic E-state index is 11.7. The summed E-state index contributed by atoms with van der Waals surface area (Å²) in [6.07, 6.45) is 2.85. The monoisotopic (exact) mass is 255 g/mol. The Balaban J connectivity index is 2.14. The van der Waals surface area contributed by atoms with E-state index in [4.69, 9.17) is 0 Å². The molecule has 0 saturated carbocycles. The van der Waals surface area contributed by atoms with Gasteiger partial charge in [0.15, 0.2) is 0 Å². The van der Waals surface area contributed by atoms with Gasteiger partial charge in [0.25, 0.3) is 0 Å². The van der Waals surface area contributed by atoms with Crippen molar-refractivity contribution in [2.24, 2.45) is 0 Å². The summed E-state index contributed by atoms with van der Waals surface area (Å²) in [6.45, 7) is 6.48. The molecule has 104 valence electrons. The normalized spacial score (nSPS) is 32.6. The highest BCUT2D eigenvalue weighted by Gasteiger charge is 2.47. The molecule has 0 aromatic heterocycles. The number of rotatable bonds is 3. The molecule has 0 aromatic carbocycles. The van der Waals surface area contributed by atoms with E-state index in [1.807, 2.05) is 6.92 Å². The second kappa shape index (κ2) is 5.55. The standard InChI is InChI=1S/C13H25N3O2/c1-3-13(12(17)18)10-14-6-9-16(13)11-4-7-15(2)8-5-11/h11,14H,3-10H2,1-2H3,(H,17,18). The number of likely N-dealkylation sites (tertiary alicyclic amines) is 1. The zero-order valence-electron chi connectivity index (χ0n) is 11.5. The number of piperazine rings is 1. The van der Waals surface area contributed by atoms with E-state index < -0.39 is 11.5 Å². The van der Waals surface area contributed by atoms with E-state index in [-0.39, 0.29) is 0 Å². The number of carboxylic acid groups (broad SMARTS) is 1. The van der Waals surface area contributed by atoms with Crippen LogP contribution in [-0.2, 0) is 4.79 Å². The fraction of sp³-hybridized carbons (Fsp3) is 0.923. The predicted molar refractivity (Wildman–Crippen MR) is 70.8 cm³/mol. The molecule has 2 saturated heterocycles. The fourth-order valence-corrected chi connectivity index (χ4v) is 3.33. The molecule has 0 bridgehead atoms. The van der Waals surface area contributed by atoms with Crippen LogP contribution >= 0.6 is 0 Å². The van der Waals surface area contributed by atoms with Crippen molar-refractivity contribution in [1.82, 2.24) is 15.1 Å². The van der Waals surface area contributed by atoms with Gasteiger partial charge in [0.2, 0.25) is 0 Å². The summed E-state index contributed by atoms with van der Waals surface area (Å²) < 4.78 is 0. The largest absolute Gasteiger partial charge is 0.480 e. The van der Waals surface area contributed by atoms with Crippen molar-refractivity contribution in [3.63, 3.8) is 0 Å². The first-order chi connectivity index (χ1) is 8.60. The summed E-state index contributed by atoms with van der Waals surface area (Å²) in [4.78, 5) is 16.3. The van der Waals surface area contributed by atoms with Crippen molar-refractivity contribution < 1.29 is 9.90 Å². The van der Waals surface area contributed by atoms with Crippen LogP contribution in [0.25, 0.3) is 0 Å². The molecule has 0 spiro atoms. The van der Waals surface area contributed by atoms with Crippen LogP contribution in [0, 0.1) is 0 Å². The maximum Gasteiger partial charge on any atom is 0.325 e. The van der Waals surface area contributed by atoms with Crippen LogP contribution in [0.1, 0.15) is 26.2 Å². The van der Waals surface area contributed by atoms with Gasteiger partial charge in [-0.25, -0.2) is 0 Å². The Bertz CT molecular complexity index is 303. The van der Waals surface area contributed by atoms with Gasteiger partial charge in [0, 0.05) is 25.7 Å². The first-order valence-corrected chi connectivity index (χ1v) is 6.99. The van der Waals surface area contributed by atoms with Crippen molar-refractivity contribution in [2.45, 2.75) is 37.8 Å². The van der Waals surface area contributed by atoms with E-state index in [1.54, 1.807) is 0 Å². The lowest BCUT2D eigenvalue weighted by atomic mass is 9.87. The Morgan fingerprint density at radius 2 is 2.06 bits per heavy atom. The Kier molecular flexibility index (Phi) is 4.25. The molecule has 0 radical (unpaired) electrons. The molecular weight excluding hydrogens is 230 g/mol. The first kappa shape index (κ1) is 13.8. The summed E-state index contributed by atoms with van der Waals surface area (Å²) in [6, 6.07) is 0.430. The minimum Gasteiger partial charge on any atom is -0.480 e. The molecule has 0 amide bonds. The SMILES string of the molecule is CCC1(C(=O)O)CNCCN1C1CCN(C)CC1. The van der Waals surface area contributed by atoms with Crippen LogP contribution < -0.4 is 5.32 Å². The molecule has 2 N–H and O–H groups in total. The van der Waals surface area contributed by atoms with Crippen LogP contribution in [0.15, 0.2) is 0 Å². The van der Waals surface area contributed by atoms with Crippen LogP contribution in [-0.4, -0.2) is 72.2 Å². The summed E-state index contributed by atoms with van der Waals surface area (Å²) in [5.41, 5.74) is -0.696. The average Bonchev–Trinajstić information content (AvgIpc) is 2.39. The van der Waals surface area contributed by atoms with Crippen molar-refractivity contribution >= 4 is 5.97 Å². The third-order valence-electron chi connectivity index (χ3n) is 4.61. The molecule has 2 fully saturated rings. The van der Waals surface area contributed by atoms with Crippen molar-refractivity contribution in [3.8, 4) is 0 Å². The number of hydrogen-bond donors (Lipinski definition) is 2. The Hall–Kier alpha value is -0.650. The number of aliphatic carboxylic acids is 1. The Morgan fingerprint density at radius 1 is 1.39 bits per heavy atom. The zero-order valence-corrected chi connectivity index (χ0v) is 11.5. The van der Waals surface area contributed by atoms with Gasteiger partial charge in [-0.15, -0.1) is 0 Å². The van der Waals surface area contributed by atoms with E-state index in [0.29, 0.717) is 19.0 Å². The van der Waals surface area contributed by atoms with Crippen LogP contribution in [0.5, 0.6) is 0 Å². The molecule has 1 unspecified atom stereocenters. The second-order valence-corrected chi connectivity index (χ2v) is 5.59. The van der Waals surface area contributed by atoms with Gasteiger partial charge in [0.1, 0.15) is 5.54 Å². The number of nitrogens with zero attached hydrogens (tertiary/aromatic N) is 2. The first-order valence-electron chi connectivity index (χ1n) is 6.99. The molecule has 2 heterocycles. The molecule has 5 nitrogen and oxygen atoms in total. The molecule has 0 aliphatic carbocycles. The highest BCUT2D eigenvalue weighted by molar-refractivity contribution is 5.79. The van der Waals surface area contributed by atoms with Crippen molar-refractivity contribution in [3.05, 3.63) is 0 Å². The quantitative estimate of drug-likeness (QED) is 0.755. The Morgan fingerprint density at radius 3 is 2.61 bits per heavy atom. The molecule has 0 aromatic rings. The number of nitrogens with one attached hydrogen (secondary N) is 1. The van der Waals surface area contributed by atoms with E-state index in [9.17, 15) is 9.90 Å². The predicted octanol–water partition coefficient (Wildman–Crippen LogP) is 0.219. The van der Waals surface area contributed by atoms with Gasteiger partial charge in [-0.2, -0.15) is 0 Å². The number of carbonyl (C=O) groups is 1. The van der Waals surface area contributed by atoms with Crippen molar-refractivity contribution in [2.75, 3.05) is 39.8 Å². The summed E-state index contributed by atoms with van der Waals surface area (Å²) >= 11 is 0. The number of carboxylic acids is 1. The van der Waals surface area contributed by atoms with Gasteiger partial charge in [-0.1, -0.05) is 6.92 Å². The van der Waals surface area contributed by atoms with Gasteiger partial charge >= 0.3 is 5.97 Å². The number of piperidine rings is 1. The molecule has 18 heavy (non-hydrogen) atoms. The van der Waals surface area contributed by atoms with Gasteiger partial charge in [-0.05, 0) is 39.4 Å². The third-order valence-corrected chi connectivity index (χ3v) is 4.61. The van der Waals surface area contributed by atoms with Gasteiger partial charge in [-0.3, -0.25) is 9.69 Å². The van der Waals surface area contributed by atoms with Crippen LogP contribution in [0.2, 0.25) is 0 Å². The minimum absolute atomic E-state index is 0.430. The highest BCUT2D eigenvalue weighted by atomic mass is 16.4. The van der Waals surface area contributed by atoms with Gasteiger partial charge < -0.3 is 15.3 Å². The van der Waals surface area contributed by atoms with E-state index in [1.165, 1.54) is 0 Å². The smallest absolute Gasteiger partial charge is 0.325 e. The number of hydrogen-bond acceptors (Lipinski definition) is 4. The lowest BCUT2D eigenvalue weighted by Gasteiger charge is -2.49. The van der Waals surface area contributed by atoms with Gasteiger partial charge in [0.05, 0.1) is 0 Å². The lowest BCUT2D eigenvalue weighted by molar-refractivity contribution is -0.156. The summed E-state index contributed by atoms with van der Waals surface area (Å²) in [5.74, 6) is -0.670. The van der Waals surface area contributed by atoms with E-state index in [0.717, 1.165) is 39.0 Å². The summed E-state index contributed by atoms with van der Waals surface area (Å²) in [5, 5.41) is 12.9. The lowest BCUT2D eigenvalue weighted by Crippen LogP contribution is -2.68. The fourth-order valence-electron chi connectivity index (χ4n) is 3.33. The second-order valence-electron chi connectivity index (χ2n) is 5.59. The molecule has 2 rings (SSSR count). The van der Waals surface area contributed by atoms with Crippen LogP contribution in [0.3, 0.4) is 0 Å². The summed E-state index contributed by atoms with van der Waals surface area (Å²) in [7, 11) is 2.14. The third kappa shape index (κ3) is 2.39. The topological polar surface area (TPSA) is 55.8 Å². The van der Waals surface area contributed by atoms with E-state index in [2.05, 4.69) is 22.2 Å². The minimum atomic E-state index is -0.696. The van der Waals surface area contributed by atoms with E-state index >= 15 is 0 Å². The molecular formula is C13H25N3O2. The average molecular weight is 255 g/mol. The highest BCUT2D eigenvalue weighted by Crippen LogP contribution is 2.29.